The third-order valence-electron chi connectivity index (χ3n) is 2.40. The van der Waals surface area contributed by atoms with Gasteiger partial charge in [-0.05, 0) is 19.8 Å². The van der Waals surface area contributed by atoms with Crippen LogP contribution in [0.15, 0.2) is 0 Å². The third kappa shape index (κ3) is 8.97. The van der Waals surface area contributed by atoms with Crippen molar-refractivity contribution in [3.8, 4) is 0 Å². The molecule has 4 N–H and O–H groups in total. The quantitative estimate of drug-likeness (QED) is 0.405. The van der Waals surface area contributed by atoms with Crippen LogP contribution in [0, 0.1) is 0 Å². The monoisotopic (exact) mass is 276 g/mol. The molecule has 1 amide bonds. The van der Waals surface area contributed by atoms with E-state index in [0.717, 1.165) is 0 Å². The van der Waals surface area contributed by atoms with E-state index in [4.69, 9.17) is 10.2 Å². The first-order valence-electron chi connectivity index (χ1n) is 5.89. The highest BCUT2D eigenvalue weighted by Gasteiger charge is 2.20. The zero-order valence-electron chi connectivity index (χ0n) is 11.0. The highest BCUT2D eigenvalue weighted by molar-refractivity contribution is 5.83. The van der Waals surface area contributed by atoms with Crippen molar-refractivity contribution in [2.45, 2.75) is 44.7 Å². The lowest BCUT2D eigenvalue weighted by atomic mass is 10.1. The van der Waals surface area contributed by atoms with Crippen molar-refractivity contribution in [3.63, 3.8) is 0 Å². The highest BCUT2D eigenvalue weighted by atomic mass is 16.6. The van der Waals surface area contributed by atoms with Crippen LogP contribution < -0.4 is 10.8 Å². The SMILES string of the molecule is CON[C@H](C)CCC(=O)N[C@@H](CCC(=O)O)C(=O)O. The van der Waals surface area contributed by atoms with Gasteiger partial charge in [0.1, 0.15) is 6.04 Å². The molecule has 8 heteroatoms. The van der Waals surface area contributed by atoms with Gasteiger partial charge in [0.05, 0.1) is 7.11 Å². The number of carboxylic acid groups (broad SMARTS) is 2. The van der Waals surface area contributed by atoms with E-state index < -0.39 is 23.9 Å². The summed E-state index contributed by atoms with van der Waals surface area (Å²) in [5, 5.41) is 19.6. The molecule has 0 unspecified atom stereocenters. The first kappa shape index (κ1) is 17.3. The third-order valence-corrected chi connectivity index (χ3v) is 2.40. The van der Waals surface area contributed by atoms with Crippen LogP contribution in [0.5, 0.6) is 0 Å². The number of hydroxylamine groups is 1. The molecule has 0 aromatic heterocycles. The van der Waals surface area contributed by atoms with Crippen molar-refractivity contribution < 1.29 is 29.4 Å². The zero-order valence-corrected chi connectivity index (χ0v) is 11.0. The molecule has 0 saturated carbocycles. The van der Waals surface area contributed by atoms with Gasteiger partial charge in [0.2, 0.25) is 5.91 Å². The van der Waals surface area contributed by atoms with Crippen molar-refractivity contribution in [2.24, 2.45) is 0 Å². The second-order valence-electron chi connectivity index (χ2n) is 4.15. The normalized spacial score (nSPS) is 13.6. The number of amides is 1. The summed E-state index contributed by atoms with van der Waals surface area (Å²) in [5.74, 6) is -2.77. The van der Waals surface area contributed by atoms with E-state index >= 15 is 0 Å². The molecule has 0 fully saturated rings. The maximum Gasteiger partial charge on any atom is 0.326 e. The summed E-state index contributed by atoms with van der Waals surface area (Å²) in [7, 11) is 1.46. The first-order valence-corrected chi connectivity index (χ1v) is 5.89. The van der Waals surface area contributed by atoms with Crippen LogP contribution in [-0.4, -0.2) is 47.3 Å². The maximum atomic E-state index is 11.5. The summed E-state index contributed by atoms with van der Waals surface area (Å²) < 4.78 is 0. The smallest absolute Gasteiger partial charge is 0.326 e. The summed E-state index contributed by atoms with van der Waals surface area (Å²) in [4.78, 5) is 37.4. The lowest BCUT2D eigenvalue weighted by molar-refractivity contribution is -0.143. The molecule has 0 saturated heterocycles. The topological polar surface area (TPSA) is 125 Å². The molecule has 0 bridgehead atoms. The van der Waals surface area contributed by atoms with Gasteiger partial charge in [0.25, 0.3) is 0 Å². The molecule has 0 aromatic carbocycles. The largest absolute Gasteiger partial charge is 0.481 e. The number of carbonyl (C=O) groups excluding carboxylic acids is 1. The Bertz CT molecular complexity index is 320. The summed E-state index contributed by atoms with van der Waals surface area (Å²) in [5.41, 5.74) is 2.64. The molecule has 8 nitrogen and oxygen atoms in total. The number of hydrogen-bond acceptors (Lipinski definition) is 5. The molecule has 2 atom stereocenters. The van der Waals surface area contributed by atoms with Crippen LogP contribution in [0.25, 0.3) is 0 Å². The standard InChI is InChI=1S/C11H20N2O6/c1-7(13-19-2)3-5-9(14)12-8(11(17)18)4-6-10(15)16/h7-8,13H,3-6H2,1-2H3,(H,12,14)(H,15,16)(H,17,18)/t7-,8+/m1/s1. The zero-order chi connectivity index (χ0) is 14.8. The number of carbonyl (C=O) groups is 3. The molecule has 0 aromatic rings. The highest BCUT2D eigenvalue weighted by Crippen LogP contribution is 2.01. The van der Waals surface area contributed by atoms with Crippen LogP contribution in [-0.2, 0) is 19.2 Å². The Labute approximate surface area is 111 Å². The molecule has 0 heterocycles. The Morgan fingerprint density at radius 1 is 1.16 bits per heavy atom. The van der Waals surface area contributed by atoms with Crippen molar-refractivity contribution in [1.29, 1.82) is 0 Å². The van der Waals surface area contributed by atoms with Gasteiger partial charge in [-0.3, -0.25) is 9.59 Å². The van der Waals surface area contributed by atoms with Gasteiger partial charge in [-0.15, -0.1) is 0 Å². The fourth-order valence-electron chi connectivity index (χ4n) is 1.40. The molecule has 19 heavy (non-hydrogen) atoms. The molecule has 0 rings (SSSR count). The number of hydrogen-bond donors (Lipinski definition) is 4. The molecule has 0 aliphatic carbocycles. The lowest BCUT2D eigenvalue weighted by Crippen LogP contribution is -2.41. The molecule has 0 aliphatic rings. The molecule has 0 radical (unpaired) electrons. The second-order valence-corrected chi connectivity index (χ2v) is 4.15. The summed E-state index contributed by atoms with van der Waals surface area (Å²) in [6.45, 7) is 1.82. The fourth-order valence-corrected chi connectivity index (χ4v) is 1.40. The number of carboxylic acids is 2. The van der Waals surface area contributed by atoms with E-state index in [0.29, 0.717) is 6.42 Å². The van der Waals surface area contributed by atoms with Gasteiger partial charge in [-0.25, -0.2) is 10.3 Å². The van der Waals surface area contributed by atoms with Gasteiger partial charge < -0.3 is 20.4 Å². The van der Waals surface area contributed by atoms with E-state index in [1.807, 2.05) is 6.92 Å². The van der Waals surface area contributed by atoms with E-state index in [-0.39, 0.29) is 25.3 Å². The predicted molar refractivity (Wildman–Crippen MR) is 65.3 cm³/mol. The molecule has 0 spiro atoms. The minimum Gasteiger partial charge on any atom is -0.481 e. The van der Waals surface area contributed by atoms with E-state index in [2.05, 4.69) is 15.6 Å². The Hall–Kier alpha value is -1.67. The minimum absolute atomic E-state index is 0.0435. The average molecular weight is 276 g/mol. The van der Waals surface area contributed by atoms with Crippen LogP contribution in [0.3, 0.4) is 0 Å². The van der Waals surface area contributed by atoms with Crippen molar-refractivity contribution in [3.05, 3.63) is 0 Å². The predicted octanol–water partition coefficient (Wildman–Crippen LogP) is -0.260. The molecule has 110 valence electrons. The molecular formula is C11H20N2O6. The van der Waals surface area contributed by atoms with E-state index in [1.165, 1.54) is 7.11 Å². The van der Waals surface area contributed by atoms with E-state index in [9.17, 15) is 14.4 Å². The van der Waals surface area contributed by atoms with Crippen molar-refractivity contribution >= 4 is 17.8 Å². The minimum atomic E-state index is -1.24. The van der Waals surface area contributed by atoms with Gasteiger partial charge in [-0.1, -0.05) is 0 Å². The summed E-state index contributed by atoms with van der Waals surface area (Å²) in [6, 6.07) is -1.22. The van der Waals surface area contributed by atoms with Crippen LogP contribution in [0.2, 0.25) is 0 Å². The lowest BCUT2D eigenvalue weighted by Gasteiger charge is -2.15. The average Bonchev–Trinajstić information content (AvgIpc) is 2.31. The number of aliphatic carboxylic acids is 2. The van der Waals surface area contributed by atoms with Gasteiger partial charge in [0.15, 0.2) is 0 Å². The van der Waals surface area contributed by atoms with Gasteiger partial charge >= 0.3 is 11.9 Å². The Kier molecular flexibility index (Phi) is 8.47. The number of rotatable bonds is 10. The summed E-state index contributed by atoms with van der Waals surface area (Å²) >= 11 is 0. The Balaban J connectivity index is 4.10. The molecule has 0 aliphatic heterocycles. The Morgan fingerprint density at radius 3 is 2.26 bits per heavy atom. The Morgan fingerprint density at radius 2 is 1.79 bits per heavy atom. The fraction of sp³-hybridized carbons (Fsp3) is 0.727. The number of nitrogens with one attached hydrogen (secondary N) is 2. The van der Waals surface area contributed by atoms with E-state index in [1.54, 1.807) is 0 Å². The first-order chi connectivity index (χ1) is 8.86. The van der Waals surface area contributed by atoms with Gasteiger partial charge in [-0.2, -0.15) is 0 Å². The summed E-state index contributed by atoms with van der Waals surface area (Å²) in [6.07, 6.45) is 0.167. The maximum absolute atomic E-state index is 11.5. The van der Waals surface area contributed by atoms with Crippen LogP contribution in [0.4, 0.5) is 0 Å². The van der Waals surface area contributed by atoms with Gasteiger partial charge in [0, 0.05) is 18.9 Å². The second kappa shape index (κ2) is 9.29. The van der Waals surface area contributed by atoms with Crippen LogP contribution >= 0.6 is 0 Å². The molecular weight excluding hydrogens is 256 g/mol. The van der Waals surface area contributed by atoms with Crippen molar-refractivity contribution in [1.82, 2.24) is 10.8 Å². The van der Waals surface area contributed by atoms with Crippen molar-refractivity contribution in [2.75, 3.05) is 7.11 Å². The van der Waals surface area contributed by atoms with Crippen LogP contribution in [0.1, 0.15) is 32.6 Å².